The molecule has 3 nitrogen and oxygen atoms in total. The van der Waals surface area contributed by atoms with Crippen molar-refractivity contribution in [2.45, 2.75) is 13.2 Å². The Morgan fingerprint density at radius 3 is 2.89 bits per heavy atom. The third-order valence-corrected chi connectivity index (χ3v) is 3.06. The first-order valence-electron chi connectivity index (χ1n) is 4.95. The van der Waals surface area contributed by atoms with Gasteiger partial charge < -0.3 is 4.74 Å². The van der Waals surface area contributed by atoms with Crippen molar-refractivity contribution in [2.75, 3.05) is 0 Å². The smallest absolute Gasteiger partial charge is 0.320 e. The number of hydrogen-bond donors (Lipinski definition) is 0. The van der Waals surface area contributed by atoms with E-state index in [-0.39, 0.29) is 12.4 Å². The summed E-state index contributed by atoms with van der Waals surface area (Å²) in [5.74, 6) is 0.676. The molecule has 0 spiro atoms. The van der Waals surface area contributed by atoms with E-state index in [0.29, 0.717) is 15.2 Å². The topological polar surface area (TPSA) is 27.1 Å². The largest absolute Gasteiger partial charge is 0.484 e. The molecule has 0 unspecified atom stereocenters. The second kappa shape index (κ2) is 5.67. The van der Waals surface area contributed by atoms with Gasteiger partial charge in [0.1, 0.15) is 12.4 Å². The Morgan fingerprint density at radius 2 is 2.22 bits per heavy atom. The summed E-state index contributed by atoms with van der Waals surface area (Å²) in [5.41, 5.74) is 0. The Hall–Kier alpha value is -1.14. The number of hydrogen-bond acceptors (Lipinski definition) is 2. The molecule has 1 aromatic heterocycles. The van der Waals surface area contributed by atoms with Crippen molar-refractivity contribution in [3.8, 4) is 5.75 Å². The van der Waals surface area contributed by atoms with Crippen LogP contribution in [0.1, 0.15) is 12.4 Å². The number of halogens is 4. The summed E-state index contributed by atoms with van der Waals surface area (Å²) in [6, 6.07) is 4.97. The maximum absolute atomic E-state index is 12.6. The van der Waals surface area contributed by atoms with E-state index in [1.165, 1.54) is 12.4 Å². The van der Waals surface area contributed by atoms with E-state index in [1.54, 1.807) is 18.2 Å². The molecule has 96 valence electrons. The number of alkyl halides is 2. The van der Waals surface area contributed by atoms with Crippen LogP contribution in [0, 0.1) is 0 Å². The summed E-state index contributed by atoms with van der Waals surface area (Å²) >= 11 is 9.06. The SMILES string of the molecule is FC(F)n1ccnc1COc1ccc(Cl)cc1Br. The van der Waals surface area contributed by atoms with Crippen LogP contribution in [-0.4, -0.2) is 9.55 Å². The van der Waals surface area contributed by atoms with Crippen LogP contribution in [0.3, 0.4) is 0 Å². The third-order valence-electron chi connectivity index (χ3n) is 2.21. The van der Waals surface area contributed by atoms with Gasteiger partial charge in [-0.05, 0) is 34.1 Å². The minimum absolute atomic E-state index is 0.0441. The van der Waals surface area contributed by atoms with Crippen molar-refractivity contribution in [1.82, 2.24) is 9.55 Å². The number of imidazole rings is 1. The van der Waals surface area contributed by atoms with Gasteiger partial charge in [0.2, 0.25) is 0 Å². The molecule has 0 fully saturated rings. The van der Waals surface area contributed by atoms with Crippen LogP contribution in [0.15, 0.2) is 35.1 Å². The van der Waals surface area contributed by atoms with Gasteiger partial charge in [0.15, 0.2) is 5.82 Å². The molecule has 2 rings (SSSR count). The highest BCUT2D eigenvalue weighted by atomic mass is 79.9. The molecule has 7 heteroatoms. The van der Waals surface area contributed by atoms with Crippen molar-refractivity contribution < 1.29 is 13.5 Å². The Labute approximate surface area is 115 Å². The Kier molecular flexibility index (Phi) is 4.19. The van der Waals surface area contributed by atoms with Gasteiger partial charge in [-0.1, -0.05) is 11.6 Å². The first-order chi connectivity index (χ1) is 8.58. The molecule has 0 aliphatic rings. The molecule has 0 aliphatic carbocycles. The summed E-state index contributed by atoms with van der Waals surface area (Å²) in [4.78, 5) is 3.82. The molecular weight excluding hydrogens is 329 g/mol. The molecule has 0 radical (unpaired) electrons. The van der Waals surface area contributed by atoms with Crippen molar-refractivity contribution in [3.05, 3.63) is 45.9 Å². The van der Waals surface area contributed by atoms with E-state index in [4.69, 9.17) is 16.3 Å². The molecule has 0 bridgehead atoms. The third kappa shape index (κ3) is 3.00. The van der Waals surface area contributed by atoms with Gasteiger partial charge in [-0.25, -0.2) is 4.98 Å². The second-order valence-corrected chi connectivity index (χ2v) is 4.68. The highest BCUT2D eigenvalue weighted by Crippen LogP contribution is 2.28. The van der Waals surface area contributed by atoms with E-state index in [9.17, 15) is 8.78 Å². The zero-order valence-electron chi connectivity index (χ0n) is 8.99. The van der Waals surface area contributed by atoms with Crippen LogP contribution in [-0.2, 0) is 6.61 Å². The van der Waals surface area contributed by atoms with E-state index in [1.807, 2.05) is 0 Å². The molecule has 0 amide bonds. The first kappa shape index (κ1) is 13.3. The van der Waals surface area contributed by atoms with Gasteiger partial charge in [0.25, 0.3) is 0 Å². The zero-order chi connectivity index (χ0) is 13.1. The molecule has 0 N–H and O–H groups in total. The first-order valence-corrected chi connectivity index (χ1v) is 6.12. The molecular formula is C11H8BrClF2N2O. The van der Waals surface area contributed by atoms with Crippen LogP contribution < -0.4 is 4.74 Å². The molecule has 2 aromatic rings. The lowest BCUT2D eigenvalue weighted by Crippen LogP contribution is -2.07. The Balaban J connectivity index is 2.09. The van der Waals surface area contributed by atoms with Crippen molar-refractivity contribution >= 4 is 27.5 Å². The Morgan fingerprint density at radius 1 is 1.44 bits per heavy atom. The van der Waals surface area contributed by atoms with Crippen LogP contribution in [0.5, 0.6) is 5.75 Å². The summed E-state index contributed by atoms with van der Waals surface area (Å²) in [7, 11) is 0. The van der Waals surface area contributed by atoms with Gasteiger partial charge >= 0.3 is 6.55 Å². The summed E-state index contributed by atoms with van der Waals surface area (Å²) < 4.78 is 31.9. The van der Waals surface area contributed by atoms with Gasteiger partial charge in [0, 0.05) is 17.4 Å². The predicted molar refractivity (Wildman–Crippen MR) is 67.0 cm³/mol. The normalized spacial score (nSPS) is 10.9. The van der Waals surface area contributed by atoms with Crippen molar-refractivity contribution in [3.63, 3.8) is 0 Å². The molecule has 0 aliphatic heterocycles. The van der Waals surface area contributed by atoms with Gasteiger partial charge in [-0.15, -0.1) is 0 Å². The second-order valence-electron chi connectivity index (χ2n) is 3.39. The maximum Gasteiger partial charge on any atom is 0.320 e. The Bertz CT molecular complexity index is 548. The van der Waals surface area contributed by atoms with Crippen LogP contribution in [0.25, 0.3) is 0 Å². The fraction of sp³-hybridized carbons (Fsp3) is 0.182. The lowest BCUT2D eigenvalue weighted by atomic mass is 10.3. The van der Waals surface area contributed by atoms with Gasteiger partial charge in [0.05, 0.1) is 4.47 Å². The van der Waals surface area contributed by atoms with Crippen molar-refractivity contribution in [1.29, 1.82) is 0 Å². The zero-order valence-corrected chi connectivity index (χ0v) is 11.3. The van der Waals surface area contributed by atoms with Crippen molar-refractivity contribution in [2.24, 2.45) is 0 Å². The number of ether oxygens (including phenoxy) is 1. The molecule has 1 heterocycles. The fourth-order valence-electron chi connectivity index (χ4n) is 1.37. The van der Waals surface area contributed by atoms with Gasteiger partial charge in [-0.3, -0.25) is 4.57 Å². The van der Waals surface area contributed by atoms with E-state index in [0.717, 1.165) is 4.57 Å². The van der Waals surface area contributed by atoms with Crippen LogP contribution in [0.4, 0.5) is 8.78 Å². The molecule has 0 saturated carbocycles. The summed E-state index contributed by atoms with van der Waals surface area (Å²) in [6.07, 6.45) is 2.52. The average molecular weight is 338 g/mol. The number of aromatic nitrogens is 2. The quantitative estimate of drug-likeness (QED) is 0.833. The molecule has 0 saturated heterocycles. The highest BCUT2D eigenvalue weighted by Gasteiger charge is 2.12. The van der Waals surface area contributed by atoms with E-state index < -0.39 is 6.55 Å². The van der Waals surface area contributed by atoms with Crippen LogP contribution >= 0.6 is 27.5 Å². The number of benzene rings is 1. The minimum atomic E-state index is -2.63. The number of nitrogens with zero attached hydrogens (tertiary/aromatic N) is 2. The average Bonchev–Trinajstić information content (AvgIpc) is 2.76. The van der Waals surface area contributed by atoms with E-state index in [2.05, 4.69) is 20.9 Å². The van der Waals surface area contributed by atoms with Gasteiger partial charge in [-0.2, -0.15) is 8.78 Å². The van der Waals surface area contributed by atoms with E-state index >= 15 is 0 Å². The monoisotopic (exact) mass is 336 g/mol. The molecule has 1 aromatic carbocycles. The molecule has 0 atom stereocenters. The summed E-state index contributed by atoms with van der Waals surface area (Å²) in [6.45, 7) is -2.67. The minimum Gasteiger partial charge on any atom is -0.484 e. The molecule has 18 heavy (non-hydrogen) atoms. The lowest BCUT2D eigenvalue weighted by molar-refractivity contribution is 0.0632. The standard InChI is InChI=1S/C11H8BrClF2N2O/c12-8-5-7(13)1-2-9(8)18-6-10-16-3-4-17(10)11(14)15/h1-5,11H,6H2. The maximum atomic E-state index is 12.6. The number of rotatable bonds is 4. The lowest BCUT2D eigenvalue weighted by Gasteiger charge is -2.09. The summed E-state index contributed by atoms with van der Waals surface area (Å²) in [5, 5.41) is 0.559. The predicted octanol–water partition coefficient (Wildman–Crippen LogP) is 4.27. The highest BCUT2D eigenvalue weighted by molar-refractivity contribution is 9.10. The van der Waals surface area contributed by atoms with Crippen LogP contribution in [0.2, 0.25) is 5.02 Å². The fourth-order valence-corrected chi connectivity index (χ4v) is 2.17.